The summed E-state index contributed by atoms with van der Waals surface area (Å²) in [7, 11) is 2.86. The molecule has 1 fully saturated rings. The highest BCUT2D eigenvalue weighted by atomic mass is 16.5. The Hall–Kier alpha value is -1.10. The van der Waals surface area contributed by atoms with Crippen LogP contribution >= 0.6 is 0 Å². The Kier molecular flexibility index (Phi) is 3.46. The first kappa shape index (κ1) is 11.0. The molecule has 5 nitrogen and oxygen atoms in total. The van der Waals surface area contributed by atoms with Crippen LogP contribution in [0.1, 0.15) is 12.8 Å². The number of nitrogens with zero attached hydrogens (tertiary/aromatic N) is 1. The van der Waals surface area contributed by atoms with Gasteiger partial charge in [0.15, 0.2) is 6.29 Å². The van der Waals surface area contributed by atoms with Gasteiger partial charge in [-0.15, -0.1) is 0 Å². The van der Waals surface area contributed by atoms with Crippen LogP contribution in [0.2, 0.25) is 0 Å². The molecule has 0 aromatic carbocycles. The molecule has 1 saturated heterocycles. The summed E-state index contributed by atoms with van der Waals surface area (Å²) in [6.07, 6.45) is 1.53. The van der Waals surface area contributed by atoms with Crippen LogP contribution in [-0.4, -0.2) is 50.2 Å². The number of ether oxygens (including phenoxy) is 2. The highest BCUT2D eigenvalue weighted by molar-refractivity contribution is 5.69. The molecule has 0 saturated carbocycles. The molecule has 0 aliphatic carbocycles. The van der Waals surface area contributed by atoms with Gasteiger partial charge < -0.3 is 19.2 Å². The second-order valence-electron chi connectivity index (χ2n) is 3.34. The molecule has 0 aromatic rings. The smallest absolute Gasteiger partial charge is 0.409 e. The number of aldehydes is 1. The average molecular weight is 201 g/mol. The lowest BCUT2D eigenvalue weighted by Crippen LogP contribution is -2.48. The Morgan fingerprint density at radius 1 is 1.36 bits per heavy atom. The van der Waals surface area contributed by atoms with Crippen LogP contribution in [0.3, 0.4) is 0 Å². The van der Waals surface area contributed by atoms with Gasteiger partial charge >= 0.3 is 6.09 Å². The summed E-state index contributed by atoms with van der Waals surface area (Å²) in [5.41, 5.74) is -0.704. The van der Waals surface area contributed by atoms with E-state index in [0.29, 0.717) is 25.9 Å². The number of hydrogen-bond acceptors (Lipinski definition) is 4. The fraction of sp³-hybridized carbons (Fsp3) is 0.778. The quantitative estimate of drug-likeness (QED) is 0.608. The lowest BCUT2D eigenvalue weighted by atomic mass is 9.93. The van der Waals surface area contributed by atoms with Crippen LogP contribution in [0.15, 0.2) is 0 Å². The minimum absolute atomic E-state index is 0.347. The van der Waals surface area contributed by atoms with E-state index in [9.17, 15) is 9.59 Å². The van der Waals surface area contributed by atoms with Gasteiger partial charge in [0.1, 0.15) is 5.60 Å². The van der Waals surface area contributed by atoms with Gasteiger partial charge in [-0.05, 0) is 0 Å². The number of piperidine rings is 1. The van der Waals surface area contributed by atoms with Crippen molar-refractivity contribution in [3.05, 3.63) is 0 Å². The normalized spacial score (nSPS) is 20.3. The summed E-state index contributed by atoms with van der Waals surface area (Å²) in [6, 6.07) is 0. The monoisotopic (exact) mass is 201 g/mol. The Balaban J connectivity index is 2.52. The zero-order valence-electron chi connectivity index (χ0n) is 8.49. The maximum Gasteiger partial charge on any atom is 0.409 e. The Bertz CT molecular complexity index is 221. The number of carbonyl (C=O) groups excluding carboxylic acids is 2. The molecule has 0 atom stereocenters. The predicted octanol–water partition coefficient (Wildman–Crippen LogP) is 0.433. The zero-order chi connectivity index (χ0) is 10.6. The Labute approximate surface area is 83.0 Å². The first-order valence-corrected chi connectivity index (χ1v) is 4.52. The van der Waals surface area contributed by atoms with E-state index < -0.39 is 5.60 Å². The third-order valence-corrected chi connectivity index (χ3v) is 2.66. The number of methoxy groups -OCH3 is 2. The number of carbonyl (C=O) groups is 2. The summed E-state index contributed by atoms with van der Waals surface area (Å²) in [5.74, 6) is 0. The number of amides is 1. The first-order chi connectivity index (χ1) is 6.67. The molecule has 14 heavy (non-hydrogen) atoms. The van der Waals surface area contributed by atoms with Crippen molar-refractivity contribution < 1.29 is 19.1 Å². The van der Waals surface area contributed by atoms with Crippen molar-refractivity contribution in [3.8, 4) is 0 Å². The molecule has 5 heteroatoms. The maximum atomic E-state index is 11.1. The summed E-state index contributed by atoms with van der Waals surface area (Å²) in [4.78, 5) is 23.5. The topological polar surface area (TPSA) is 55.8 Å². The summed E-state index contributed by atoms with van der Waals surface area (Å²) < 4.78 is 9.73. The van der Waals surface area contributed by atoms with Crippen LogP contribution in [0.25, 0.3) is 0 Å². The number of rotatable bonds is 2. The van der Waals surface area contributed by atoms with E-state index >= 15 is 0 Å². The van der Waals surface area contributed by atoms with E-state index in [-0.39, 0.29) is 6.09 Å². The summed E-state index contributed by atoms with van der Waals surface area (Å²) in [6.45, 7) is 0.999. The number of likely N-dealkylation sites (tertiary alicyclic amines) is 1. The van der Waals surface area contributed by atoms with Gasteiger partial charge in [0.25, 0.3) is 0 Å². The third kappa shape index (κ3) is 2.04. The molecule has 1 aliphatic heterocycles. The number of hydrogen-bond donors (Lipinski definition) is 0. The zero-order valence-corrected chi connectivity index (χ0v) is 8.49. The van der Waals surface area contributed by atoms with E-state index in [4.69, 9.17) is 4.74 Å². The van der Waals surface area contributed by atoms with Gasteiger partial charge in [0.2, 0.25) is 0 Å². The van der Waals surface area contributed by atoms with Crippen LogP contribution < -0.4 is 0 Å². The molecule has 0 radical (unpaired) electrons. The second-order valence-corrected chi connectivity index (χ2v) is 3.34. The van der Waals surface area contributed by atoms with Crippen molar-refractivity contribution in [1.29, 1.82) is 0 Å². The van der Waals surface area contributed by atoms with Crippen LogP contribution in [0.4, 0.5) is 4.79 Å². The molecule has 1 heterocycles. The van der Waals surface area contributed by atoms with Crippen molar-refractivity contribution in [1.82, 2.24) is 4.90 Å². The van der Waals surface area contributed by atoms with E-state index in [1.165, 1.54) is 14.2 Å². The lowest BCUT2D eigenvalue weighted by Gasteiger charge is -2.36. The van der Waals surface area contributed by atoms with Gasteiger partial charge in [-0.2, -0.15) is 0 Å². The van der Waals surface area contributed by atoms with Crippen LogP contribution in [0.5, 0.6) is 0 Å². The molecule has 0 spiro atoms. The fourth-order valence-corrected chi connectivity index (χ4v) is 1.57. The SMILES string of the molecule is COC(=O)N1CCC(C=O)(OC)CC1. The minimum atomic E-state index is -0.704. The van der Waals surface area contributed by atoms with Crippen molar-refractivity contribution in [2.45, 2.75) is 18.4 Å². The van der Waals surface area contributed by atoms with Gasteiger partial charge in [-0.25, -0.2) is 4.79 Å². The average Bonchev–Trinajstić information content (AvgIpc) is 2.28. The molecule has 1 aliphatic rings. The van der Waals surface area contributed by atoms with Crippen molar-refractivity contribution in [2.75, 3.05) is 27.3 Å². The lowest BCUT2D eigenvalue weighted by molar-refractivity contribution is -0.132. The van der Waals surface area contributed by atoms with Gasteiger partial charge in [-0.3, -0.25) is 0 Å². The molecule has 1 rings (SSSR count). The standard InChI is InChI=1S/C9H15NO4/c1-13-8(12)10-5-3-9(7-11,14-2)4-6-10/h7H,3-6H2,1-2H3. The highest BCUT2D eigenvalue weighted by Gasteiger charge is 2.35. The first-order valence-electron chi connectivity index (χ1n) is 4.52. The van der Waals surface area contributed by atoms with E-state index in [1.54, 1.807) is 4.90 Å². The van der Waals surface area contributed by atoms with Crippen molar-refractivity contribution in [2.24, 2.45) is 0 Å². The molecular weight excluding hydrogens is 186 g/mol. The second kappa shape index (κ2) is 4.41. The van der Waals surface area contributed by atoms with Crippen LogP contribution in [0, 0.1) is 0 Å². The maximum absolute atomic E-state index is 11.1. The largest absolute Gasteiger partial charge is 0.453 e. The van der Waals surface area contributed by atoms with E-state index in [1.807, 2.05) is 0 Å². The molecule has 0 aromatic heterocycles. The molecule has 0 N–H and O–H groups in total. The summed E-state index contributed by atoms with van der Waals surface area (Å²) >= 11 is 0. The Morgan fingerprint density at radius 3 is 2.29 bits per heavy atom. The van der Waals surface area contributed by atoms with E-state index in [2.05, 4.69) is 4.74 Å². The summed E-state index contributed by atoms with van der Waals surface area (Å²) in [5, 5.41) is 0. The Morgan fingerprint density at radius 2 is 1.93 bits per heavy atom. The molecule has 1 amide bonds. The van der Waals surface area contributed by atoms with Gasteiger partial charge in [-0.1, -0.05) is 0 Å². The molecular formula is C9H15NO4. The van der Waals surface area contributed by atoms with Gasteiger partial charge in [0, 0.05) is 33.0 Å². The molecule has 0 bridgehead atoms. The molecule has 80 valence electrons. The van der Waals surface area contributed by atoms with Crippen molar-refractivity contribution in [3.63, 3.8) is 0 Å². The molecule has 0 unspecified atom stereocenters. The fourth-order valence-electron chi connectivity index (χ4n) is 1.57. The van der Waals surface area contributed by atoms with Crippen molar-refractivity contribution >= 4 is 12.4 Å². The van der Waals surface area contributed by atoms with Gasteiger partial charge in [0.05, 0.1) is 7.11 Å². The highest BCUT2D eigenvalue weighted by Crippen LogP contribution is 2.23. The van der Waals surface area contributed by atoms with Crippen LogP contribution in [-0.2, 0) is 14.3 Å². The predicted molar refractivity (Wildman–Crippen MR) is 49.0 cm³/mol. The third-order valence-electron chi connectivity index (χ3n) is 2.66. The van der Waals surface area contributed by atoms with E-state index in [0.717, 1.165) is 6.29 Å². The minimum Gasteiger partial charge on any atom is -0.453 e.